The molecule has 1 N–H and O–H groups in total. The molecule has 7 rings (SSSR count). The van der Waals surface area contributed by atoms with Gasteiger partial charge in [0, 0.05) is 45.0 Å². The molecule has 0 saturated carbocycles. The van der Waals surface area contributed by atoms with E-state index < -0.39 is 23.8 Å². The zero-order valence-electron chi connectivity index (χ0n) is 31.9. The van der Waals surface area contributed by atoms with Crippen LogP contribution in [-0.4, -0.2) is 79.4 Å². The first-order chi connectivity index (χ1) is 27.7. The van der Waals surface area contributed by atoms with Crippen LogP contribution < -0.4 is 5.32 Å². The number of benzene rings is 3. The summed E-state index contributed by atoms with van der Waals surface area (Å²) >= 11 is 13.0. The zero-order chi connectivity index (χ0) is 40.1. The minimum absolute atomic E-state index is 0.00145. The predicted molar refractivity (Wildman–Crippen MR) is 219 cm³/mol. The SMILES string of the molecule is COC(=O)C1C(COCCN2C(=O)c3ccccc3C2=O)=NC(C)=C(C(=O)OCCCCCNc2c3c(nc4cc(Cl)ccc24)CCCC3)C1c1ccccc1Cl. The highest BCUT2D eigenvalue weighted by atomic mass is 35.5. The Morgan fingerprint density at radius 1 is 0.912 bits per heavy atom. The first-order valence-corrected chi connectivity index (χ1v) is 20.1. The molecular weight excluding hydrogens is 767 g/mol. The van der Waals surface area contributed by atoms with E-state index >= 15 is 0 Å². The average molecular weight is 812 g/mol. The number of nitrogens with one attached hydrogen (secondary N) is 1. The molecule has 0 bridgehead atoms. The van der Waals surface area contributed by atoms with Gasteiger partial charge in [0.25, 0.3) is 11.8 Å². The number of aliphatic imine (C=N–C) groups is 1. The Labute approximate surface area is 341 Å². The lowest BCUT2D eigenvalue weighted by atomic mass is 9.75. The standard InChI is InChI=1S/C44H44Cl2N4O7/c1-26-37(44(54)57-22-11-3-10-20-47-40-31-15-7-9-17-34(31)49-35-24-27(45)18-19-32(35)40)38(30-14-6-8-16-33(30)46)39(43(53)55-2)36(48-26)25-56-23-21-50-41(51)28-12-4-5-13-29(28)42(50)52/h4-6,8,12-14,16,18-19,24,38-39H,3,7,9-11,15,17,20-23,25H2,1-2H3,(H,47,49). The van der Waals surface area contributed by atoms with Gasteiger partial charge in [0.15, 0.2) is 0 Å². The van der Waals surface area contributed by atoms with Crippen LogP contribution in [0, 0.1) is 5.92 Å². The summed E-state index contributed by atoms with van der Waals surface area (Å²) in [6, 6.07) is 19.5. The van der Waals surface area contributed by atoms with E-state index in [9.17, 15) is 19.2 Å². The third-order valence-corrected chi connectivity index (χ3v) is 11.4. The molecule has 2 atom stereocenters. The number of amides is 2. The molecule has 0 spiro atoms. The summed E-state index contributed by atoms with van der Waals surface area (Å²) in [6.07, 6.45) is 6.55. The normalized spacial score (nSPS) is 17.7. The topological polar surface area (TPSA) is 136 Å². The van der Waals surface area contributed by atoms with Crippen molar-refractivity contribution < 1.29 is 33.4 Å². The third kappa shape index (κ3) is 8.47. The number of ether oxygens (including phenoxy) is 3. The number of aryl methyl sites for hydroxylation is 1. The number of fused-ring (bicyclic) bond motifs is 3. The lowest BCUT2D eigenvalue weighted by Gasteiger charge is -2.32. The number of halogens is 2. The number of aromatic nitrogens is 1. The summed E-state index contributed by atoms with van der Waals surface area (Å²) in [6.45, 7) is 2.50. The van der Waals surface area contributed by atoms with E-state index in [0.717, 1.165) is 72.3 Å². The van der Waals surface area contributed by atoms with Gasteiger partial charge in [-0.1, -0.05) is 53.5 Å². The quantitative estimate of drug-likeness (QED) is 0.0717. The molecule has 11 nitrogen and oxygen atoms in total. The monoisotopic (exact) mass is 810 g/mol. The number of imide groups is 1. The summed E-state index contributed by atoms with van der Waals surface area (Å²) < 4.78 is 17.0. The summed E-state index contributed by atoms with van der Waals surface area (Å²) in [5.41, 5.74) is 6.61. The van der Waals surface area contributed by atoms with E-state index in [1.54, 1.807) is 55.5 Å². The fourth-order valence-corrected chi connectivity index (χ4v) is 8.44. The molecule has 3 aromatic carbocycles. The lowest BCUT2D eigenvalue weighted by molar-refractivity contribution is -0.144. The maximum absolute atomic E-state index is 13.9. The van der Waals surface area contributed by atoms with E-state index in [2.05, 4.69) is 10.3 Å². The Bertz CT molecular complexity index is 2260. The number of rotatable bonds is 15. The van der Waals surface area contributed by atoms with E-state index in [-0.39, 0.29) is 43.8 Å². The maximum atomic E-state index is 13.9. The van der Waals surface area contributed by atoms with Gasteiger partial charge in [-0.2, -0.15) is 0 Å². The predicted octanol–water partition coefficient (Wildman–Crippen LogP) is 8.16. The molecule has 4 aromatic rings. The van der Waals surface area contributed by atoms with Crippen LogP contribution in [0.2, 0.25) is 10.0 Å². The second-order valence-electron chi connectivity index (χ2n) is 14.4. The van der Waals surface area contributed by atoms with E-state index in [1.165, 1.54) is 12.7 Å². The largest absolute Gasteiger partial charge is 0.468 e. The molecular formula is C44H44Cl2N4O7. The number of anilines is 1. The number of hydrogen-bond donors (Lipinski definition) is 1. The number of hydrogen-bond acceptors (Lipinski definition) is 10. The summed E-state index contributed by atoms with van der Waals surface area (Å²) in [5.74, 6) is -3.92. The highest BCUT2D eigenvalue weighted by molar-refractivity contribution is 6.32. The summed E-state index contributed by atoms with van der Waals surface area (Å²) in [7, 11) is 1.27. The molecule has 13 heteroatoms. The first kappa shape index (κ1) is 40.1. The molecule has 1 aliphatic carbocycles. The second-order valence-corrected chi connectivity index (χ2v) is 15.2. The van der Waals surface area contributed by atoms with Crippen molar-refractivity contribution in [1.82, 2.24) is 9.88 Å². The number of nitrogens with zero attached hydrogens (tertiary/aromatic N) is 3. The van der Waals surface area contributed by atoms with Gasteiger partial charge in [-0.3, -0.25) is 29.3 Å². The fraction of sp³-hybridized carbons (Fsp3) is 0.364. The average Bonchev–Trinajstić information content (AvgIpc) is 3.45. The molecule has 0 fully saturated rings. The van der Waals surface area contributed by atoms with Crippen molar-refractivity contribution in [2.45, 2.75) is 57.8 Å². The molecule has 3 aliphatic rings. The highest BCUT2D eigenvalue weighted by Crippen LogP contribution is 2.43. The Balaban J connectivity index is 0.998. The van der Waals surface area contributed by atoms with Crippen molar-refractivity contribution in [3.63, 3.8) is 0 Å². The Morgan fingerprint density at radius 2 is 1.65 bits per heavy atom. The maximum Gasteiger partial charge on any atom is 0.336 e. The molecule has 2 amide bonds. The lowest BCUT2D eigenvalue weighted by Crippen LogP contribution is -2.40. The molecule has 2 unspecified atom stereocenters. The van der Waals surface area contributed by atoms with Gasteiger partial charge >= 0.3 is 11.9 Å². The van der Waals surface area contributed by atoms with Gasteiger partial charge in [-0.15, -0.1) is 0 Å². The Hall–Kier alpha value is -5.10. The van der Waals surface area contributed by atoms with Crippen LogP contribution >= 0.6 is 23.2 Å². The van der Waals surface area contributed by atoms with Crippen molar-refractivity contribution in [3.05, 3.63) is 116 Å². The van der Waals surface area contributed by atoms with Crippen LogP contribution in [0.3, 0.4) is 0 Å². The number of carbonyl (C=O) groups excluding carboxylic acids is 4. The summed E-state index contributed by atoms with van der Waals surface area (Å²) in [5, 5.41) is 5.78. The zero-order valence-corrected chi connectivity index (χ0v) is 33.5. The van der Waals surface area contributed by atoms with Gasteiger partial charge in [0.2, 0.25) is 0 Å². The Morgan fingerprint density at radius 3 is 2.40 bits per heavy atom. The molecule has 0 saturated heterocycles. The van der Waals surface area contributed by atoms with E-state index in [0.29, 0.717) is 44.6 Å². The highest BCUT2D eigenvalue weighted by Gasteiger charge is 2.44. The van der Waals surface area contributed by atoms with Gasteiger partial charge in [0.1, 0.15) is 5.92 Å². The molecule has 57 heavy (non-hydrogen) atoms. The molecule has 2 aliphatic heterocycles. The fourth-order valence-electron chi connectivity index (χ4n) is 8.02. The van der Waals surface area contributed by atoms with Gasteiger partial charge in [-0.05, 0) is 99.4 Å². The van der Waals surface area contributed by atoms with Gasteiger partial charge < -0.3 is 19.5 Å². The van der Waals surface area contributed by atoms with Crippen molar-refractivity contribution in [2.75, 3.05) is 45.3 Å². The van der Waals surface area contributed by atoms with Gasteiger partial charge in [-0.25, -0.2) is 4.79 Å². The third-order valence-electron chi connectivity index (χ3n) is 10.8. The number of pyridine rings is 1. The molecule has 0 radical (unpaired) electrons. The van der Waals surface area contributed by atoms with Crippen LogP contribution in [-0.2, 0) is 36.6 Å². The minimum atomic E-state index is -1.06. The Kier molecular flexibility index (Phi) is 12.7. The number of allylic oxidation sites excluding steroid dienone is 1. The van der Waals surface area contributed by atoms with Gasteiger partial charge in [0.05, 0.1) is 61.4 Å². The van der Waals surface area contributed by atoms with E-state index in [4.69, 9.17) is 42.4 Å². The van der Waals surface area contributed by atoms with Crippen molar-refractivity contribution in [2.24, 2.45) is 10.9 Å². The first-order valence-electron chi connectivity index (χ1n) is 19.3. The van der Waals surface area contributed by atoms with Crippen LogP contribution in [0.1, 0.15) is 82.5 Å². The molecule has 296 valence electrons. The molecule has 3 heterocycles. The minimum Gasteiger partial charge on any atom is -0.468 e. The van der Waals surface area contributed by atoms with Crippen molar-refractivity contribution in [3.8, 4) is 0 Å². The number of unbranched alkanes of at least 4 members (excludes halogenated alkanes) is 2. The van der Waals surface area contributed by atoms with Crippen LogP contribution in [0.5, 0.6) is 0 Å². The van der Waals surface area contributed by atoms with Crippen LogP contribution in [0.25, 0.3) is 10.9 Å². The van der Waals surface area contributed by atoms with Crippen molar-refractivity contribution >= 4 is 69.3 Å². The second kappa shape index (κ2) is 18.0. The van der Waals surface area contributed by atoms with E-state index in [1.807, 2.05) is 18.2 Å². The summed E-state index contributed by atoms with van der Waals surface area (Å²) in [4.78, 5) is 63.9. The molecule has 1 aromatic heterocycles. The van der Waals surface area contributed by atoms with Crippen LogP contribution in [0.15, 0.2) is 83.0 Å². The smallest absolute Gasteiger partial charge is 0.336 e. The van der Waals surface area contributed by atoms with Crippen LogP contribution in [0.4, 0.5) is 5.69 Å². The number of carbonyl (C=O) groups is 4. The van der Waals surface area contributed by atoms with Crippen molar-refractivity contribution in [1.29, 1.82) is 0 Å². The number of methoxy groups -OCH3 is 1. The number of esters is 2.